The lowest BCUT2D eigenvalue weighted by molar-refractivity contribution is -0.120. The second-order valence-electron chi connectivity index (χ2n) is 3.88. The van der Waals surface area contributed by atoms with Crippen molar-refractivity contribution in [1.29, 1.82) is 0 Å². The molecule has 0 aromatic heterocycles. The van der Waals surface area contributed by atoms with E-state index in [0.717, 1.165) is 5.56 Å². The van der Waals surface area contributed by atoms with Crippen LogP contribution in [-0.4, -0.2) is 31.4 Å². The van der Waals surface area contributed by atoms with E-state index in [2.05, 4.69) is 0 Å². The molecule has 0 aliphatic carbocycles. The van der Waals surface area contributed by atoms with Crippen molar-refractivity contribution >= 4 is 15.9 Å². The highest BCUT2D eigenvalue weighted by molar-refractivity contribution is 7.89. The summed E-state index contributed by atoms with van der Waals surface area (Å²) >= 11 is 0. The molecule has 0 aliphatic heterocycles. The molecule has 0 saturated carbocycles. The molecule has 0 unspecified atom stereocenters. The molecule has 18 heavy (non-hydrogen) atoms. The summed E-state index contributed by atoms with van der Waals surface area (Å²) in [4.78, 5) is 10.9. The fourth-order valence-electron chi connectivity index (χ4n) is 1.39. The summed E-state index contributed by atoms with van der Waals surface area (Å²) in [5, 5.41) is 0. The van der Waals surface area contributed by atoms with Gasteiger partial charge in [0, 0.05) is 20.0 Å². The van der Waals surface area contributed by atoms with Crippen molar-refractivity contribution in [3.8, 4) is 0 Å². The Morgan fingerprint density at radius 1 is 1.33 bits per heavy atom. The lowest BCUT2D eigenvalue weighted by Crippen LogP contribution is -2.34. The van der Waals surface area contributed by atoms with Crippen LogP contribution in [0.2, 0.25) is 0 Å². The largest absolute Gasteiger partial charge is 0.294 e. The molecule has 0 aliphatic rings. The van der Waals surface area contributed by atoms with Crippen molar-refractivity contribution in [3.05, 3.63) is 35.9 Å². The Morgan fingerprint density at radius 2 is 1.94 bits per heavy atom. The molecule has 0 spiro atoms. The predicted molar refractivity (Wildman–Crippen MR) is 68.6 cm³/mol. The summed E-state index contributed by atoms with van der Waals surface area (Å²) in [6, 6.07) is 9.25. The third kappa shape index (κ3) is 4.44. The monoisotopic (exact) mass is 271 g/mol. The minimum Gasteiger partial charge on any atom is -0.294 e. The minimum absolute atomic E-state index is 0.141. The van der Waals surface area contributed by atoms with Crippen LogP contribution in [0.3, 0.4) is 0 Å². The number of nitrogens with one attached hydrogen (secondary N) is 1. The maximum absolute atomic E-state index is 11.9. The number of nitrogens with two attached hydrogens (primary N) is 1. The number of nitrogens with zero attached hydrogens (tertiary/aromatic N) is 1. The molecular formula is C11H17N3O3S. The molecule has 0 bridgehead atoms. The number of hydrogen-bond donors (Lipinski definition) is 2. The minimum atomic E-state index is -3.45. The van der Waals surface area contributed by atoms with Gasteiger partial charge in [0.1, 0.15) is 0 Å². The van der Waals surface area contributed by atoms with Gasteiger partial charge < -0.3 is 0 Å². The van der Waals surface area contributed by atoms with E-state index in [0.29, 0.717) is 0 Å². The SMILES string of the molecule is CN(Cc1ccccc1)S(=O)(=O)CCC(=O)NN. The van der Waals surface area contributed by atoms with Crippen LogP contribution in [0.15, 0.2) is 30.3 Å². The van der Waals surface area contributed by atoms with Crippen molar-refractivity contribution < 1.29 is 13.2 Å². The first-order valence-corrected chi connectivity index (χ1v) is 7.04. The lowest BCUT2D eigenvalue weighted by Gasteiger charge is -2.16. The molecule has 100 valence electrons. The molecule has 0 atom stereocenters. The average molecular weight is 271 g/mol. The van der Waals surface area contributed by atoms with E-state index < -0.39 is 15.9 Å². The quantitative estimate of drug-likeness (QED) is 0.427. The zero-order chi connectivity index (χ0) is 13.6. The van der Waals surface area contributed by atoms with E-state index in [1.807, 2.05) is 35.8 Å². The van der Waals surface area contributed by atoms with Gasteiger partial charge in [0.2, 0.25) is 15.9 Å². The number of benzene rings is 1. The number of carbonyl (C=O) groups excluding carboxylic acids is 1. The number of hydrogen-bond acceptors (Lipinski definition) is 4. The number of sulfonamides is 1. The first kappa shape index (κ1) is 14.6. The maximum atomic E-state index is 11.9. The Balaban J connectivity index is 2.60. The molecule has 0 radical (unpaired) electrons. The molecule has 1 rings (SSSR count). The molecule has 6 nitrogen and oxygen atoms in total. The van der Waals surface area contributed by atoms with Crippen LogP contribution in [-0.2, 0) is 21.4 Å². The van der Waals surface area contributed by atoms with Crippen LogP contribution in [0, 0.1) is 0 Å². The fraction of sp³-hybridized carbons (Fsp3) is 0.364. The Bertz CT molecular complexity index is 488. The topological polar surface area (TPSA) is 92.5 Å². The Labute approximate surface area is 107 Å². The molecule has 0 saturated heterocycles. The highest BCUT2D eigenvalue weighted by Gasteiger charge is 2.19. The second kappa shape index (κ2) is 6.48. The zero-order valence-electron chi connectivity index (χ0n) is 10.2. The van der Waals surface area contributed by atoms with Gasteiger partial charge in [-0.05, 0) is 5.56 Å². The number of hydrazine groups is 1. The fourth-order valence-corrected chi connectivity index (χ4v) is 2.49. The predicted octanol–water partition coefficient (Wildman–Crippen LogP) is -0.172. The molecule has 0 fully saturated rings. The van der Waals surface area contributed by atoms with Crippen molar-refractivity contribution in [1.82, 2.24) is 9.73 Å². The van der Waals surface area contributed by atoms with E-state index in [1.54, 1.807) is 0 Å². The van der Waals surface area contributed by atoms with Crippen molar-refractivity contribution in [2.24, 2.45) is 5.84 Å². The third-order valence-corrected chi connectivity index (χ3v) is 4.27. The van der Waals surface area contributed by atoms with Crippen LogP contribution in [0.25, 0.3) is 0 Å². The second-order valence-corrected chi connectivity index (χ2v) is 6.07. The average Bonchev–Trinajstić information content (AvgIpc) is 2.37. The van der Waals surface area contributed by atoms with E-state index in [9.17, 15) is 13.2 Å². The zero-order valence-corrected chi connectivity index (χ0v) is 11.0. The first-order valence-electron chi connectivity index (χ1n) is 5.43. The summed E-state index contributed by atoms with van der Waals surface area (Å²) in [7, 11) is -1.96. The highest BCUT2D eigenvalue weighted by atomic mass is 32.2. The third-order valence-electron chi connectivity index (χ3n) is 2.47. The molecular weight excluding hydrogens is 254 g/mol. The standard InChI is InChI=1S/C11H17N3O3S/c1-14(9-10-5-3-2-4-6-10)18(16,17)8-7-11(15)13-12/h2-6H,7-9,12H2,1H3,(H,13,15). The Hall–Kier alpha value is -1.44. The van der Waals surface area contributed by atoms with Gasteiger partial charge in [-0.2, -0.15) is 0 Å². The highest BCUT2D eigenvalue weighted by Crippen LogP contribution is 2.08. The number of amides is 1. The summed E-state index contributed by atoms with van der Waals surface area (Å²) in [6.45, 7) is 0.285. The van der Waals surface area contributed by atoms with Gasteiger partial charge in [-0.25, -0.2) is 18.6 Å². The normalized spacial score (nSPS) is 11.5. The van der Waals surface area contributed by atoms with Crippen LogP contribution < -0.4 is 11.3 Å². The van der Waals surface area contributed by atoms with Crippen molar-refractivity contribution in [2.45, 2.75) is 13.0 Å². The van der Waals surface area contributed by atoms with Crippen LogP contribution in [0.5, 0.6) is 0 Å². The molecule has 7 heteroatoms. The van der Waals surface area contributed by atoms with Gasteiger partial charge in [-0.3, -0.25) is 10.2 Å². The molecule has 1 amide bonds. The lowest BCUT2D eigenvalue weighted by atomic mass is 10.2. The van der Waals surface area contributed by atoms with Gasteiger partial charge >= 0.3 is 0 Å². The summed E-state index contributed by atoms with van der Waals surface area (Å²) in [5.74, 6) is 4.15. The van der Waals surface area contributed by atoms with E-state index >= 15 is 0 Å². The summed E-state index contributed by atoms with van der Waals surface area (Å²) in [6.07, 6.45) is -0.141. The maximum Gasteiger partial charge on any atom is 0.234 e. The van der Waals surface area contributed by atoms with Gasteiger partial charge in [-0.1, -0.05) is 30.3 Å². The van der Waals surface area contributed by atoms with E-state index in [1.165, 1.54) is 11.4 Å². The number of carbonyl (C=O) groups is 1. The van der Waals surface area contributed by atoms with E-state index in [4.69, 9.17) is 5.84 Å². The van der Waals surface area contributed by atoms with E-state index in [-0.39, 0.29) is 18.7 Å². The van der Waals surface area contributed by atoms with Gasteiger partial charge in [0.25, 0.3) is 0 Å². The molecule has 3 N–H and O–H groups in total. The van der Waals surface area contributed by atoms with Gasteiger partial charge in [0.15, 0.2) is 0 Å². The molecule has 0 heterocycles. The Morgan fingerprint density at radius 3 is 2.50 bits per heavy atom. The van der Waals surface area contributed by atoms with Crippen LogP contribution in [0.1, 0.15) is 12.0 Å². The Kier molecular flexibility index (Phi) is 5.26. The summed E-state index contributed by atoms with van der Waals surface area (Å²) < 4.78 is 24.9. The van der Waals surface area contributed by atoms with Gasteiger partial charge in [-0.15, -0.1) is 0 Å². The van der Waals surface area contributed by atoms with Crippen molar-refractivity contribution in [2.75, 3.05) is 12.8 Å². The van der Waals surface area contributed by atoms with Crippen LogP contribution in [0.4, 0.5) is 0 Å². The molecule has 1 aromatic carbocycles. The summed E-state index contributed by atoms with van der Waals surface area (Å²) in [5.41, 5.74) is 2.80. The molecule has 1 aromatic rings. The van der Waals surface area contributed by atoms with Gasteiger partial charge in [0.05, 0.1) is 5.75 Å². The van der Waals surface area contributed by atoms with Crippen LogP contribution >= 0.6 is 0 Å². The number of rotatable bonds is 6. The smallest absolute Gasteiger partial charge is 0.234 e. The first-order chi connectivity index (χ1) is 8.45. The van der Waals surface area contributed by atoms with Crippen molar-refractivity contribution in [3.63, 3.8) is 0 Å².